The Kier molecular flexibility index (Phi) is 5.03. The Morgan fingerprint density at radius 3 is 3.04 bits per heavy atom. The van der Waals surface area contributed by atoms with Gasteiger partial charge < -0.3 is 4.74 Å². The average molecular weight is 379 g/mol. The van der Waals surface area contributed by atoms with Crippen LogP contribution in [0.1, 0.15) is 40.6 Å². The Bertz CT molecular complexity index is 754. The summed E-state index contributed by atoms with van der Waals surface area (Å²) >= 11 is 1.53. The van der Waals surface area contributed by atoms with E-state index >= 15 is 0 Å². The fraction of sp³-hybridized carbons (Fsp3) is 0.579. The standard InChI is InChI=1S/C19H23F2N3OS/c1-13-10-19(4-6-24(13)12-14-2-5-22-23-11-14)18-15(3-7-25-19)8-16(26-18)9-17(20)21/h2,5,8,11,13,17H,3-4,6-7,9-10,12H2,1H3/t13-,19+/m0/s1. The van der Waals surface area contributed by atoms with Crippen LogP contribution in [0, 0.1) is 0 Å². The monoisotopic (exact) mass is 379 g/mol. The van der Waals surface area contributed by atoms with Gasteiger partial charge in [-0.2, -0.15) is 10.2 Å². The van der Waals surface area contributed by atoms with Crippen LogP contribution in [0.4, 0.5) is 8.78 Å². The van der Waals surface area contributed by atoms with E-state index in [0.717, 1.165) is 42.8 Å². The summed E-state index contributed by atoms with van der Waals surface area (Å²) in [5.74, 6) is 0. The molecule has 4 heterocycles. The third-order valence-electron chi connectivity index (χ3n) is 5.46. The number of halogens is 2. The zero-order chi connectivity index (χ0) is 18.1. The second kappa shape index (κ2) is 7.29. The number of nitrogens with zero attached hydrogens (tertiary/aromatic N) is 3. The van der Waals surface area contributed by atoms with E-state index in [-0.39, 0.29) is 12.0 Å². The number of ether oxygens (including phenoxy) is 1. The number of fused-ring (bicyclic) bond motifs is 2. The fourth-order valence-electron chi connectivity index (χ4n) is 4.20. The minimum Gasteiger partial charge on any atom is -0.369 e. The second-order valence-corrected chi connectivity index (χ2v) is 8.42. The van der Waals surface area contributed by atoms with Crippen molar-refractivity contribution in [3.8, 4) is 0 Å². The van der Waals surface area contributed by atoms with Gasteiger partial charge in [-0.15, -0.1) is 11.3 Å². The van der Waals surface area contributed by atoms with Gasteiger partial charge in [-0.25, -0.2) is 8.78 Å². The molecular formula is C19H23F2N3OS. The number of likely N-dealkylation sites (tertiary alicyclic amines) is 1. The average Bonchev–Trinajstić information content (AvgIpc) is 3.02. The summed E-state index contributed by atoms with van der Waals surface area (Å²) in [5.41, 5.74) is 2.07. The molecule has 0 aromatic carbocycles. The van der Waals surface area contributed by atoms with Crippen LogP contribution in [-0.4, -0.2) is 40.7 Å². The first-order valence-electron chi connectivity index (χ1n) is 9.09. The second-order valence-electron chi connectivity index (χ2n) is 7.28. The lowest BCUT2D eigenvalue weighted by molar-refractivity contribution is -0.110. The van der Waals surface area contributed by atoms with Crippen molar-refractivity contribution in [2.75, 3.05) is 13.2 Å². The van der Waals surface area contributed by atoms with Crippen LogP contribution in [0.25, 0.3) is 0 Å². The van der Waals surface area contributed by atoms with Crippen molar-refractivity contribution in [2.24, 2.45) is 0 Å². The van der Waals surface area contributed by atoms with Crippen LogP contribution in [0.2, 0.25) is 0 Å². The minimum atomic E-state index is -2.29. The zero-order valence-corrected chi connectivity index (χ0v) is 15.6. The highest BCUT2D eigenvalue weighted by Gasteiger charge is 2.44. The lowest BCUT2D eigenvalue weighted by Crippen LogP contribution is -2.49. The largest absolute Gasteiger partial charge is 0.369 e. The van der Waals surface area contributed by atoms with Gasteiger partial charge in [0.25, 0.3) is 0 Å². The molecule has 7 heteroatoms. The zero-order valence-electron chi connectivity index (χ0n) is 14.8. The minimum absolute atomic E-state index is 0.148. The molecule has 2 aliphatic heterocycles. The summed E-state index contributed by atoms with van der Waals surface area (Å²) in [6.45, 7) is 4.67. The Labute approximate surface area is 156 Å². The molecule has 0 N–H and O–H groups in total. The van der Waals surface area contributed by atoms with Crippen molar-refractivity contribution in [1.82, 2.24) is 15.1 Å². The van der Waals surface area contributed by atoms with Crippen LogP contribution in [0.15, 0.2) is 24.5 Å². The van der Waals surface area contributed by atoms with E-state index in [4.69, 9.17) is 4.74 Å². The maximum atomic E-state index is 12.8. The first kappa shape index (κ1) is 17.9. The number of aromatic nitrogens is 2. The highest BCUT2D eigenvalue weighted by atomic mass is 32.1. The molecule has 2 aromatic heterocycles. The summed E-state index contributed by atoms with van der Waals surface area (Å²) in [5, 5.41) is 7.79. The van der Waals surface area contributed by atoms with Crippen LogP contribution in [0.3, 0.4) is 0 Å². The molecule has 0 aliphatic carbocycles. The molecule has 0 radical (unpaired) electrons. The van der Waals surface area contributed by atoms with Crippen LogP contribution >= 0.6 is 11.3 Å². The molecule has 4 rings (SSSR count). The van der Waals surface area contributed by atoms with E-state index in [1.54, 1.807) is 6.20 Å². The van der Waals surface area contributed by atoms with E-state index < -0.39 is 6.43 Å². The fourth-order valence-corrected chi connectivity index (χ4v) is 5.60. The number of hydrogen-bond acceptors (Lipinski definition) is 5. The van der Waals surface area contributed by atoms with Gasteiger partial charge in [0.2, 0.25) is 6.43 Å². The van der Waals surface area contributed by atoms with Gasteiger partial charge in [0.1, 0.15) is 5.60 Å². The number of thiophene rings is 1. The number of piperidine rings is 1. The van der Waals surface area contributed by atoms with Crippen LogP contribution in [0.5, 0.6) is 0 Å². The van der Waals surface area contributed by atoms with Gasteiger partial charge >= 0.3 is 0 Å². The molecule has 2 aromatic rings. The van der Waals surface area contributed by atoms with E-state index in [1.165, 1.54) is 21.8 Å². The molecule has 4 nitrogen and oxygen atoms in total. The van der Waals surface area contributed by atoms with Gasteiger partial charge in [0, 0.05) is 41.5 Å². The smallest absolute Gasteiger partial charge is 0.243 e. The molecule has 26 heavy (non-hydrogen) atoms. The highest BCUT2D eigenvalue weighted by molar-refractivity contribution is 7.12. The summed E-state index contributed by atoms with van der Waals surface area (Å²) < 4.78 is 31.9. The normalized spacial score (nSPS) is 26.4. The molecule has 0 amide bonds. The first-order chi connectivity index (χ1) is 12.6. The molecule has 1 spiro atoms. The molecule has 0 saturated carbocycles. The van der Waals surface area contributed by atoms with Crippen molar-refractivity contribution in [3.05, 3.63) is 45.4 Å². The Hall–Kier alpha value is -1.44. The van der Waals surface area contributed by atoms with Crippen LogP contribution < -0.4 is 0 Å². The Morgan fingerprint density at radius 2 is 2.31 bits per heavy atom. The third-order valence-corrected chi connectivity index (χ3v) is 6.85. The van der Waals surface area contributed by atoms with Gasteiger partial charge in [0.05, 0.1) is 12.8 Å². The lowest BCUT2D eigenvalue weighted by Gasteiger charge is -2.47. The van der Waals surface area contributed by atoms with E-state index in [0.29, 0.717) is 12.6 Å². The molecule has 0 bridgehead atoms. The van der Waals surface area contributed by atoms with Crippen LogP contribution in [-0.2, 0) is 29.7 Å². The Balaban J connectivity index is 1.52. The topological polar surface area (TPSA) is 38.2 Å². The maximum absolute atomic E-state index is 12.8. The summed E-state index contributed by atoms with van der Waals surface area (Å²) in [4.78, 5) is 4.41. The van der Waals surface area contributed by atoms with Crippen molar-refractivity contribution in [2.45, 2.75) is 57.2 Å². The van der Waals surface area contributed by atoms with Crippen molar-refractivity contribution >= 4 is 11.3 Å². The number of rotatable bonds is 4. The summed E-state index contributed by atoms with van der Waals surface area (Å²) in [6.07, 6.45) is 3.72. The number of alkyl halides is 2. The molecule has 0 unspecified atom stereocenters. The van der Waals surface area contributed by atoms with Gasteiger partial charge in [0.15, 0.2) is 0 Å². The quantitative estimate of drug-likeness (QED) is 0.810. The van der Waals surface area contributed by atoms with Crippen molar-refractivity contribution in [1.29, 1.82) is 0 Å². The van der Waals surface area contributed by atoms with E-state index in [1.807, 2.05) is 18.3 Å². The molecule has 1 saturated heterocycles. The molecule has 2 aliphatic rings. The molecule has 1 fully saturated rings. The predicted molar refractivity (Wildman–Crippen MR) is 96.5 cm³/mol. The SMILES string of the molecule is C[C@H]1C[C@@]2(CCN1Cc1ccnnc1)OCCc1cc(CC(F)F)sc12. The predicted octanol–water partition coefficient (Wildman–Crippen LogP) is 3.80. The maximum Gasteiger partial charge on any atom is 0.243 e. The van der Waals surface area contributed by atoms with Gasteiger partial charge in [-0.1, -0.05) is 0 Å². The molecule has 140 valence electrons. The van der Waals surface area contributed by atoms with Crippen molar-refractivity contribution in [3.63, 3.8) is 0 Å². The molecule has 2 atom stereocenters. The Morgan fingerprint density at radius 1 is 1.42 bits per heavy atom. The summed E-state index contributed by atoms with van der Waals surface area (Å²) in [6, 6.07) is 4.33. The number of hydrogen-bond donors (Lipinski definition) is 0. The first-order valence-corrected chi connectivity index (χ1v) is 9.91. The molecular weight excluding hydrogens is 356 g/mol. The van der Waals surface area contributed by atoms with Gasteiger partial charge in [-0.05, 0) is 49.4 Å². The third kappa shape index (κ3) is 3.52. The summed E-state index contributed by atoms with van der Waals surface area (Å²) in [7, 11) is 0. The van der Waals surface area contributed by atoms with Gasteiger partial charge in [-0.3, -0.25) is 4.90 Å². The lowest BCUT2D eigenvalue weighted by atomic mass is 9.82. The van der Waals surface area contributed by atoms with E-state index in [9.17, 15) is 8.78 Å². The van der Waals surface area contributed by atoms with Crippen molar-refractivity contribution < 1.29 is 13.5 Å². The highest BCUT2D eigenvalue weighted by Crippen LogP contribution is 2.47. The van der Waals surface area contributed by atoms with E-state index in [2.05, 4.69) is 22.0 Å².